The molecular weight excluding hydrogens is 208 g/mol. The fraction of sp³-hybridized carbons (Fsp3) is 0.250. The first kappa shape index (κ1) is 9.43. The average molecular weight is 222 g/mol. The Balaban J connectivity index is 2.16. The van der Waals surface area contributed by atoms with Crippen molar-refractivity contribution in [3.05, 3.63) is 59.2 Å². The summed E-state index contributed by atoms with van der Waals surface area (Å²) in [7, 11) is 0. The second kappa shape index (κ2) is 2.99. The quantitative estimate of drug-likeness (QED) is 0.663. The molecular formula is C16H14O. The lowest BCUT2D eigenvalue weighted by Crippen LogP contribution is -2.32. The van der Waals surface area contributed by atoms with Crippen molar-refractivity contribution in [2.24, 2.45) is 0 Å². The van der Waals surface area contributed by atoms with E-state index in [1.54, 1.807) is 0 Å². The molecule has 0 radical (unpaired) electrons. The Labute approximate surface area is 101 Å². The summed E-state index contributed by atoms with van der Waals surface area (Å²) in [6.07, 6.45) is 0. The second-order valence-electron chi connectivity index (χ2n) is 5.21. The van der Waals surface area contributed by atoms with Gasteiger partial charge in [-0.2, -0.15) is 0 Å². The molecule has 0 spiro atoms. The Morgan fingerprint density at radius 1 is 1.00 bits per heavy atom. The minimum absolute atomic E-state index is 0.0563. The third-order valence-corrected chi connectivity index (χ3v) is 4.16. The van der Waals surface area contributed by atoms with E-state index in [0.717, 1.165) is 13.2 Å². The van der Waals surface area contributed by atoms with Gasteiger partial charge in [-0.1, -0.05) is 42.5 Å². The lowest BCUT2D eigenvalue weighted by Gasteiger charge is -2.33. The first-order valence-electron chi connectivity index (χ1n) is 6.11. The van der Waals surface area contributed by atoms with Gasteiger partial charge >= 0.3 is 0 Å². The van der Waals surface area contributed by atoms with E-state index in [9.17, 15) is 0 Å². The van der Waals surface area contributed by atoms with Gasteiger partial charge in [0.1, 0.15) is 0 Å². The average Bonchev–Trinajstić information content (AvgIpc) is 2.63. The summed E-state index contributed by atoms with van der Waals surface area (Å²) in [6.45, 7) is 3.86. The normalized spacial score (nSPS) is 24.3. The van der Waals surface area contributed by atoms with Gasteiger partial charge in [-0.05, 0) is 34.7 Å². The van der Waals surface area contributed by atoms with Crippen molar-refractivity contribution < 1.29 is 4.74 Å². The molecule has 1 aliphatic heterocycles. The molecule has 1 heterocycles. The molecule has 1 nitrogen and oxygen atoms in total. The van der Waals surface area contributed by atoms with E-state index in [1.807, 2.05) is 0 Å². The van der Waals surface area contributed by atoms with Crippen LogP contribution in [0.4, 0.5) is 0 Å². The third kappa shape index (κ3) is 1.03. The molecule has 0 unspecified atom stereocenters. The number of hydrogen-bond acceptors (Lipinski definition) is 1. The van der Waals surface area contributed by atoms with Crippen molar-refractivity contribution in [3.8, 4) is 11.1 Å². The Kier molecular flexibility index (Phi) is 1.66. The molecule has 0 amide bonds. The maximum Gasteiger partial charge on any atom is 0.0720 e. The van der Waals surface area contributed by atoms with E-state index in [4.69, 9.17) is 4.74 Å². The van der Waals surface area contributed by atoms with Crippen molar-refractivity contribution >= 4 is 0 Å². The smallest absolute Gasteiger partial charge is 0.0720 e. The summed E-state index contributed by atoms with van der Waals surface area (Å²) >= 11 is 0. The van der Waals surface area contributed by atoms with Crippen LogP contribution >= 0.6 is 0 Å². The summed E-state index contributed by atoms with van der Waals surface area (Å²) in [4.78, 5) is 0. The topological polar surface area (TPSA) is 9.23 Å². The van der Waals surface area contributed by atoms with Crippen molar-refractivity contribution in [2.45, 2.75) is 18.9 Å². The summed E-state index contributed by atoms with van der Waals surface area (Å²) < 4.78 is 5.79. The van der Waals surface area contributed by atoms with Crippen LogP contribution in [0.5, 0.6) is 0 Å². The summed E-state index contributed by atoms with van der Waals surface area (Å²) in [5.41, 5.74) is 7.11. The molecule has 84 valence electrons. The molecule has 17 heavy (non-hydrogen) atoms. The van der Waals surface area contributed by atoms with Crippen molar-refractivity contribution in [1.29, 1.82) is 0 Å². The standard InChI is InChI=1S/C16H14O/c1-16-10-17-9-11-5-4-7-13(15(11)16)12-6-2-3-8-14(12)16/h2-8H,9-10H2,1H3/t16-/m0/s1. The molecule has 0 saturated carbocycles. The highest BCUT2D eigenvalue weighted by Gasteiger charge is 2.42. The summed E-state index contributed by atoms with van der Waals surface area (Å²) in [5, 5.41) is 0. The molecule has 0 bridgehead atoms. The van der Waals surface area contributed by atoms with Gasteiger partial charge in [0.25, 0.3) is 0 Å². The molecule has 1 atom stereocenters. The van der Waals surface area contributed by atoms with Gasteiger partial charge in [-0.3, -0.25) is 0 Å². The lowest BCUT2D eigenvalue weighted by molar-refractivity contribution is 0.0731. The highest BCUT2D eigenvalue weighted by Crippen LogP contribution is 2.51. The van der Waals surface area contributed by atoms with Gasteiger partial charge in [-0.25, -0.2) is 0 Å². The maximum atomic E-state index is 5.79. The van der Waals surface area contributed by atoms with Crippen LogP contribution in [-0.4, -0.2) is 6.61 Å². The predicted molar refractivity (Wildman–Crippen MR) is 68.0 cm³/mol. The second-order valence-corrected chi connectivity index (χ2v) is 5.21. The first-order chi connectivity index (χ1) is 8.31. The monoisotopic (exact) mass is 222 g/mol. The van der Waals surface area contributed by atoms with Crippen molar-refractivity contribution in [2.75, 3.05) is 6.61 Å². The maximum absolute atomic E-state index is 5.79. The number of rotatable bonds is 0. The van der Waals surface area contributed by atoms with Crippen LogP contribution in [0.25, 0.3) is 11.1 Å². The zero-order chi connectivity index (χ0) is 11.5. The van der Waals surface area contributed by atoms with Gasteiger partial charge in [0.15, 0.2) is 0 Å². The van der Waals surface area contributed by atoms with E-state index in [-0.39, 0.29) is 5.41 Å². The van der Waals surface area contributed by atoms with Gasteiger partial charge < -0.3 is 4.74 Å². The Bertz CT molecular complexity index is 615. The van der Waals surface area contributed by atoms with Crippen LogP contribution < -0.4 is 0 Å². The molecule has 2 aromatic carbocycles. The Hall–Kier alpha value is -1.60. The molecule has 0 fully saturated rings. The van der Waals surface area contributed by atoms with Gasteiger partial charge in [0.2, 0.25) is 0 Å². The van der Waals surface area contributed by atoms with Crippen LogP contribution in [0.3, 0.4) is 0 Å². The minimum Gasteiger partial charge on any atom is -0.375 e. The SMILES string of the molecule is C[C@@]12COCc3cccc(c31)-c1ccccc12. The lowest BCUT2D eigenvalue weighted by atomic mass is 9.78. The number of ether oxygens (including phenoxy) is 1. The third-order valence-electron chi connectivity index (χ3n) is 4.16. The minimum atomic E-state index is 0.0563. The fourth-order valence-electron chi connectivity index (χ4n) is 3.45. The molecule has 0 saturated heterocycles. The van der Waals surface area contributed by atoms with Crippen molar-refractivity contribution in [1.82, 2.24) is 0 Å². The molecule has 2 aromatic rings. The Morgan fingerprint density at radius 3 is 2.76 bits per heavy atom. The molecule has 0 N–H and O–H groups in total. The van der Waals surface area contributed by atoms with Gasteiger partial charge in [0, 0.05) is 5.41 Å². The fourth-order valence-corrected chi connectivity index (χ4v) is 3.45. The number of hydrogen-bond donors (Lipinski definition) is 0. The molecule has 4 rings (SSSR count). The van der Waals surface area contributed by atoms with E-state index >= 15 is 0 Å². The van der Waals surface area contributed by atoms with E-state index in [2.05, 4.69) is 49.4 Å². The zero-order valence-electron chi connectivity index (χ0n) is 9.86. The largest absolute Gasteiger partial charge is 0.375 e. The first-order valence-corrected chi connectivity index (χ1v) is 6.11. The number of benzene rings is 2. The van der Waals surface area contributed by atoms with Crippen LogP contribution in [0.15, 0.2) is 42.5 Å². The summed E-state index contributed by atoms with van der Waals surface area (Å²) in [6, 6.07) is 15.3. The van der Waals surface area contributed by atoms with Crippen LogP contribution in [-0.2, 0) is 16.8 Å². The molecule has 1 heteroatoms. The van der Waals surface area contributed by atoms with Gasteiger partial charge in [0.05, 0.1) is 13.2 Å². The van der Waals surface area contributed by atoms with E-state index < -0.39 is 0 Å². The van der Waals surface area contributed by atoms with Gasteiger partial charge in [-0.15, -0.1) is 0 Å². The van der Waals surface area contributed by atoms with Crippen LogP contribution in [0, 0.1) is 0 Å². The van der Waals surface area contributed by atoms with Crippen LogP contribution in [0.2, 0.25) is 0 Å². The Morgan fingerprint density at radius 2 is 1.82 bits per heavy atom. The predicted octanol–water partition coefficient (Wildman–Crippen LogP) is 3.50. The van der Waals surface area contributed by atoms with Crippen LogP contribution in [0.1, 0.15) is 23.6 Å². The highest BCUT2D eigenvalue weighted by molar-refractivity contribution is 5.82. The highest BCUT2D eigenvalue weighted by atomic mass is 16.5. The molecule has 0 aromatic heterocycles. The zero-order valence-corrected chi connectivity index (χ0v) is 9.86. The number of fused-ring (bicyclic) bond motifs is 3. The van der Waals surface area contributed by atoms with E-state index in [0.29, 0.717) is 0 Å². The molecule has 1 aliphatic carbocycles. The van der Waals surface area contributed by atoms with Crippen molar-refractivity contribution in [3.63, 3.8) is 0 Å². The molecule has 2 aliphatic rings. The van der Waals surface area contributed by atoms with E-state index in [1.165, 1.54) is 27.8 Å². The summed E-state index contributed by atoms with van der Waals surface area (Å²) in [5.74, 6) is 0.